The van der Waals surface area contributed by atoms with Crippen molar-refractivity contribution >= 4 is 28.7 Å². The molecule has 5 rings (SSSR count). The highest BCUT2D eigenvalue weighted by atomic mass is 16.7. The van der Waals surface area contributed by atoms with E-state index in [1.165, 1.54) is 11.9 Å². The van der Waals surface area contributed by atoms with Crippen molar-refractivity contribution in [3.05, 3.63) is 42.1 Å². The number of cyclic esters (lactones) is 1. The fourth-order valence-electron chi connectivity index (χ4n) is 9.61. The van der Waals surface area contributed by atoms with Crippen LogP contribution in [0.3, 0.4) is 0 Å². The van der Waals surface area contributed by atoms with E-state index in [-0.39, 0.29) is 24.0 Å². The SMILES string of the molecule is CC[C@H]1OC(=O)[C@H](C)C(=O)[C@H](C)[C@@H](O[C@@H]2O[C@H](C)C[C@H](N(C)C)[C@H]2O)[C@](C)(OC)C[C@@H](C)C(N)[C@H](C)[C@H]2N(NCCCc3ccnc4ccccc34)C(=O)O[C@]12C. The summed E-state index contributed by atoms with van der Waals surface area (Å²) < 4.78 is 31.5. The molecule has 0 saturated carbocycles. The van der Waals surface area contributed by atoms with Crippen LogP contribution in [0, 0.1) is 23.7 Å². The molecule has 3 aliphatic heterocycles. The first-order valence-corrected chi connectivity index (χ1v) is 20.7. The number of hydrogen-bond acceptors (Lipinski definition) is 13. The number of aliphatic hydroxyl groups excluding tert-OH is 1. The first-order chi connectivity index (χ1) is 26.9. The monoisotopic (exact) mass is 797 g/mol. The van der Waals surface area contributed by atoms with Gasteiger partial charge in [-0.15, -0.1) is 0 Å². The number of hydrazine groups is 1. The third-order valence-corrected chi connectivity index (χ3v) is 13.1. The summed E-state index contributed by atoms with van der Waals surface area (Å²) in [6.07, 6.45) is -0.208. The fraction of sp³-hybridized carbons (Fsp3) is 0.721. The molecule has 1 aromatic heterocycles. The Morgan fingerprint density at radius 3 is 2.46 bits per heavy atom. The van der Waals surface area contributed by atoms with Gasteiger partial charge in [-0.1, -0.05) is 45.9 Å². The number of hydrogen-bond donors (Lipinski definition) is 3. The smallest absolute Gasteiger partial charge is 0.425 e. The third-order valence-electron chi connectivity index (χ3n) is 13.1. The van der Waals surface area contributed by atoms with Gasteiger partial charge in [0.2, 0.25) is 0 Å². The molecule has 4 N–H and O–H groups in total. The lowest BCUT2D eigenvalue weighted by molar-refractivity contribution is -0.295. The number of ketones is 1. The summed E-state index contributed by atoms with van der Waals surface area (Å²) in [4.78, 5) is 48.6. The van der Waals surface area contributed by atoms with Crippen LogP contribution in [0.2, 0.25) is 0 Å². The Kier molecular flexibility index (Phi) is 14.4. The van der Waals surface area contributed by atoms with E-state index in [1.54, 1.807) is 21.0 Å². The van der Waals surface area contributed by atoms with Crippen molar-refractivity contribution in [3.8, 4) is 0 Å². The van der Waals surface area contributed by atoms with Crippen molar-refractivity contribution < 1.29 is 43.2 Å². The zero-order chi connectivity index (χ0) is 42.0. The highest BCUT2D eigenvalue weighted by Crippen LogP contribution is 2.43. The number of nitrogens with two attached hydrogens (primary N) is 1. The Morgan fingerprint density at radius 1 is 1.09 bits per heavy atom. The van der Waals surface area contributed by atoms with Crippen molar-refractivity contribution in [2.45, 2.75) is 148 Å². The van der Waals surface area contributed by atoms with E-state index in [2.05, 4.69) is 16.5 Å². The number of carbonyl (C=O) groups is 3. The summed E-state index contributed by atoms with van der Waals surface area (Å²) in [6, 6.07) is 8.60. The van der Waals surface area contributed by atoms with Gasteiger partial charge in [0, 0.05) is 43.2 Å². The van der Waals surface area contributed by atoms with E-state index in [1.807, 2.05) is 84.1 Å². The molecule has 4 heterocycles. The summed E-state index contributed by atoms with van der Waals surface area (Å²) in [5.41, 5.74) is 10.2. The van der Waals surface area contributed by atoms with Crippen LogP contribution >= 0.6 is 0 Å². The molecular weight excluding hydrogens is 730 g/mol. The number of carbonyl (C=O) groups excluding carboxylic acids is 3. The lowest BCUT2D eigenvalue weighted by Crippen LogP contribution is -2.63. The maximum Gasteiger partial charge on any atom is 0.425 e. The van der Waals surface area contributed by atoms with Crippen LogP contribution in [0.25, 0.3) is 10.9 Å². The first kappa shape index (κ1) is 44.9. The van der Waals surface area contributed by atoms with Gasteiger partial charge in [0.1, 0.15) is 18.1 Å². The van der Waals surface area contributed by atoms with Gasteiger partial charge in [-0.05, 0) is 103 Å². The molecule has 0 spiro atoms. The molecule has 0 bridgehead atoms. The second-order valence-electron chi connectivity index (χ2n) is 17.4. The highest BCUT2D eigenvalue weighted by Gasteiger charge is 2.60. The van der Waals surface area contributed by atoms with Gasteiger partial charge in [0.15, 0.2) is 17.7 Å². The molecule has 3 fully saturated rings. The van der Waals surface area contributed by atoms with Gasteiger partial charge in [-0.3, -0.25) is 14.6 Å². The van der Waals surface area contributed by atoms with Gasteiger partial charge in [0.25, 0.3) is 0 Å². The van der Waals surface area contributed by atoms with E-state index in [0.717, 1.165) is 22.9 Å². The van der Waals surface area contributed by atoms with Crippen LogP contribution in [0.4, 0.5) is 4.79 Å². The summed E-state index contributed by atoms with van der Waals surface area (Å²) >= 11 is 0. The number of pyridine rings is 1. The van der Waals surface area contributed by atoms with Gasteiger partial charge in [-0.2, -0.15) is 0 Å². The molecule has 3 aliphatic rings. The van der Waals surface area contributed by atoms with Gasteiger partial charge in [0.05, 0.1) is 29.4 Å². The van der Waals surface area contributed by atoms with Crippen LogP contribution < -0.4 is 11.2 Å². The minimum Gasteiger partial charge on any atom is -0.458 e. The van der Waals surface area contributed by atoms with Crippen LogP contribution in [-0.2, 0) is 39.7 Å². The Labute approximate surface area is 338 Å². The van der Waals surface area contributed by atoms with E-state index in [0.29, 0.717) is 32.2 Å². The quantitative estimate of drug-likeness (QED) is 0.173. The fourth-order valence-corrected chi connectivity index (χ4v) is 9.61. The summed E-state index contributed by atoms with van der Waals surface area (Å²) in [6.45, 7) is 15.2. The van der Waals surface area contributed by atoms with Crippen LogP contribution in [0.5, 0.6) is 0 Å². The minimum absolute atomic E-state index is 0.227. The number of rotatable bonds is 10. The molecule has 1 aromatic carbocycles. The van der Waals surface area contributed by atoms with Crippen molar-refractivity contribution in [1.29, 1.82) is 0 Å². The van der Waals surface area contributed by atoms with Gasteiger partial charge < -0.3 is 39.4 Å². The first-order valence-electron chi connectivity index (χ1n) is 20.7. The second-order valence-corrected chi connectivity index (χ2v) is 17.4. The Bertz CT molecular complexity index is 1710. The minimum atomic E-state index is -1.31. The highest BCUT2D eigenvalue weighted by molar-refractivity contribution is 6.00. The van der Waals surface area contributed by atoms with E-state index in [4.69, 9.17) is 29.4 Å². The lowest BCUT2D eigenvalue weighted by atomic mass is 9.72. The van der Waals surface area contributed by atoms with E-state index < -0.39 is 77.6 Å². The van der Waals surface area contributed by atoms with E-state index in [9.17, 15) is 19.5 Å². The second kappa shape index (κ2) is 18.4. The molecule has 318 valence electrons. The molecule has 14 atom stereocenters. The number of aromatic nitrogens is 1. The number of aryl methyl sites for hydroxylation is 1. The predicted octanol–water partition coefficient (Wildman–Crippen LogP) is 4.63. The number of aliphatic hydroxyl groups is 1. The zero-order valence-electron chi connectivity index (χ0n) is 35.8. The normalized spacial score (nSPS) is 38.5. The van der Waals surface area contributed by atoms with Crippen molar-refractivity contribution in [2.75, 3.05) is 27.7 Å². The summed E-state index contributed by atoms with van der Waals surface area (Å²) in [7, 11) is 5.35. The molecule has 57 heavy (non-hydrogen) atoms. The van der Waals surface area contributed by atoms with Crippen molar-refractivity contribution in [1.82, 2.24) is 20.3 Å². The number of nitrogens with one attached hydrogen (secondary N) is 1. The molecule has 14 heteroatoms. The maximum absolute atomic E-state index is 14.3. The number of ether oxygens (including phenoxy) is 5. The van der Waals surface area contributed by atoms with Crippen LogP contribution in [0.1, 0.15) is 86.6 Å². The summed E-state index contributed by atoms with van der Waals surface area (Å²) in [5, 5.41) is 14.1. The number of benzene rings is 1. The van der Waals surface area contributed by atoms with Crippen LogP contribution in [-0.4, -0.2) is 126 Å². The van der Waals surface area contributed by atoms with Gasteiger partial charge >= 0.3 is 12.1 Å². The molecule has 0 radical (unpaired) electrons. The van der Waals surface area contributed by atoms with E-state index >= 15 is 0 Å². The molecule has 0 aliphatic carbocycles. The lowest BCUT2D eigenvalue weighted by Gasteiger charge is -2.48. The topological polar surface area (TPSA) is 175 Å². The number of nitrogens with zero attached hydrogens (tertiary/aromatic N) is 3. The standard InChI is InChI=1S/C43H67N5O9/c1-12-33-43(8)37(48(41(52)57-43)46-20-15-16-29-19-21-45-31-18-14-13-17-30(29)31)26(4)34(44)24(2)23-42(7,53-11)38(27(5)35(49)28(6)39(51)55-33)56-40-36(50)32(47(9)10)22-25(3)54-40/h13-14,17-19,21,24-28,32-34,36-38,40,46,50H,12,15-16,20,22-23,44H2,1-11H3/t24-,25-,26+,27+,28-,32+,33-,34?,36-,37-,38-,40+,42-,43-/m1/s1. The Balaban J connectivity index is 1.46. The van der Waals surface area contributed by atoms with Gasteiger partial charge in [-0.25, -0.2) is 15.2 Å². The molecule has 1 unspecified atom stereocenters. The number of fused-ring (bicyclic) bond motifs is 2. The number of para-hydroxylation sites is 1. The maximum atomic E-state index is 14.3. The summed E-state index contributed by atoms with van der Waals surface area (Å²) in [5.74, 6) is -3.85. The number of amides is 1. The third kappa shape index (κ3) is 9.17. The van der Waals surface area contributed by atoms with Crippen molar-refractivity contribution in [3.63, 3.8) is 0 Å². The molecule has 14 nitrogen and oxygen atoms in total. The average molecular weight is 798 g/mol. The number of esters is 1. The number of likely N-dealkylation sites (N-methyl/N-ethyl adjacent to an activating group) is 1. The van der Waals surface area contributed by atoms with Crippen LogP contribution in [0.15, 0.2) is 36.5 Å². The molecule has 3 saturated heterocycles. The average Bonchev–Trinajstić information content (AvgIpc) is 3.45. The number of Topliss-reactive ketones (excluding diaryl/α,β-unsaturated/α-hetero) is 1. The predicted molar refractivity (Wildman–Crippen MR) is 216 cm³/mol. The molecule has 2 aromatic rings. The molecular formula is C43H67N5O9. The zero-order valence-corrected chi connectivity index (χ0v) is 35.8. The Hall–Kier alpha value is -3.24. The van der Waals surface area contributed by atoms with Crippen molar-refractivity contribution in [2.24, 2.45) is 29.4 Å². The molecule has 1 amide bonds. The largest absolute Gasteiger partial charge is 0.458 e. The Morgan fingerprint density at radius 2 is 1.79 bits per heavy atom. The number of methoxy groups -OCH3 is 1.